The van der Waals surface area contributed by atoms with Gasteiger partial charge in [0, 0.05) is 18.3 Å². The van der Waals surface area contributed by atoms with Gasteiger partial charge in [0.15, 0.2) is 0 Å². The quantitative estimate of drug-likeness (QED) is 0.753. The summed E-state index contributed by atoms with van der Waals surface area (Å²) in [6.45, 7) is 2.74. The number of nitrogens with zero attached hydrogens (tertiary/aromatic N) is 2. The highest BCUT2D eigenvalue weighted by atomic mass is 19.4. The molecule has 0 aromatic heterocycles. The van der Waals surface area contributed by atoms with Crippen LogP contribution in [0.5, 0.6) is 0 Å². The maximum absolute atomic E-state index is 12.7. The third-order valence-electron chi connectivity index (χ3n) is 3.08. The summed E-state index contributed by atoms with van der Waals surface area (Å²) in [5.41, 5.74) is -0.638. The van der Waals surface area contributed by atoms with Crippen LogP contribution in [0.2, 0.25) is 0 Å². The van der Waals surface area contributed by atoms with Crippen molar-refractivity contribution in [3.05, 3.63) is 29.3 Å². The summed E-state index contributed by atoms with van der Waals surface area (Å²) in [5, 5.41) is 8.67. The highest BCUT2D eigenvalue weighted by Crippen LogP contribution is 2.36. The Hall–Kier alpha value is -1.70. The minimum Gasteiger partial charge on any atom is -0.369 e. The molecular weight excluding hydrogens is 229 g/mol. The molecule has 0 amide bonds. The Morgan fingerprint density at radius 3 is 2.53 bits per heavy atom. The van der Waals surface area contributed by atoms with Gasteiger partial charge in [-0.1, -0.05) is 0 Å². The lowest BCUT2D eigenvalue weighted by Crippen LogP contribution is -2.45. The van der Waals surface area contributed by atoms with Crippen LogP contribution in [0.25, 0.3) is 0 Å². The molecule has 90 valence electrons. The van der Waals surface area contributed by atoms with Crippen molar-refractivity contribution in [1.82, 2.24) is 0 Å². The molecule has 17 heavy (non-hydrogen) atoms. The normalized spacial score (nSPS) is 19.7. The molecule has 1 aromatic rings. The van der Waals surface area contributed by atoms with Crippen molar-refractivity contribution in [3.8, 4) is 6.07 Å². The Morgan fingerprint density at radius 2 is 2.12 bits per heavy atom. The lowest BCUT2D eigenvalue weighted by atomic mass is 10.0. The topological polar surface area (TPSA) is 27.0 Å². The fraction of sp³-hybridized carbons (Fsp3) is 0.417. The number of rotatable bonds is 1. The van der Waals surface area contributed by atoms with E-state index in [4.69, 9.17) is 5.26 Å². The molecule has 1 aliphatic rings. The predicted molar refractivity (Wildman–Crippen MR) is 57.6 cm³/mol. The minimum atomic E-state index is -4.48. The van der Waals surface area contributed by atoms with Crippen LogP contribution in [0.1, 0.15) is 24.5 Å². The molecule has 0 saturated carbocycles. The van der Waals surface area contributed by atoms with E-state index in [1.165, 1.54) is 6.07 Å². The van der Waals surface area contributed by atoms with Gasteiger partial charge in [0.2, 0.25) is 0 Å². The average molecular weight is 240 g/mol. The van der Waals surface area contributed by atoms with Crippen molar-refractivity contribution in [3.63, 3.8) is 0 Å². The first-order valence-corrected chi connectivity index (χ1v) is 5.31. The zero-order chi connectivity index (χ0) is 12.6. The molecule has 2 nitrogen and oxygen atoms in total. The van der Waals surface area contributed by atoms with Gasteiger partial charge in [-0.05, 0) is 31.5 Å². The number of hydrogen-bond donors (Lipinski definition) is 0. The van der Waals surface area contributed by atoms with Crippen LogP contribution in [-0.2, 0) is 6.18 Å². The van der Waals surface area contributed by atoms with E-state index in [0.717, 1.165) is 19.0 Å². The Balaban J connectivity index is 2.42. The smallest absolute Gasteiger partial charge is 0.369 e. The summed E-state index contributed by atoms with van der Waals surface area (Å²) in [5.74, 6) is 0. The van der Waals surface area contributed by atoms with Crippen LogP contribution in [0.15, 0.2) is 18.2 Å². The second-order valence-electron chi connectivity index (χ2n) is 4.17. The summed E-state index contributed by atoms with van der Waals surface area (Å²) < 4.78 is 38.2. The van der Waals surface area contributed by atoms with Gasteiger partial charge in [-0.15, -0.1) is 0 Å². The zero-order valence-corrected chi connectivity index (χ0v) is 9.25. The molecule has 2 rings (SSSR count). The molecule has 0 aliphatic carbocycles. The molecule has 1 saturated heterocycles. The van der Waals surface area contributed by atoms with E-state index in [-0.39, 0.29) is 11.6 Å². The number of benzene rings is 1. The van der Waals surface area contributed by atoms with E-state index < -0.39 is 11.7 Å². The van der Waals surface area contributed by atoms with Gasteiger partial charge in [0.05, 0.1) is 17.2 Å². The Kier molecular flexibility index (Phi) is 2.74. The molecule has 1 fully saturated rings. The fourth-order valence-electron chi connectivity index (χ4n) is 1.94. The average Bonchev–Trinajstić information content (AvgIpc) is 2.26. The SMILES string of the molecule is CC1CCN1c1ccc(C#N)c(C(F)(F)F)c1. The van der Waals surface area contributed by atoms with Crippen LogP contribution in [0.3, 0.4) is 0 Å². The minimum absolute atomic E-state index is 0.268. The predicted octanol–water partition coefficient (Wildman–Crippen LogP) is 3.18. The Morgan fingerprint density at radius 1 is 1.41 bits per heavy atom. The van der Waals surface area contributed by atoms with Crippen molar-refractivity contribution in [1.29, 1.82) is 5.26 Å². The summed E-state index contributed by atoms with van der Waals surface area (Å²) in [6.07, 6.45) is -3.49. The first kappa shape index (κ1) is 11.8. The van der Waals surface area contributed by atoms with Crippen LogP contribution >= 0.6 is 0 Å². The number of hydrogen-bond acceptors (Lipinski definition) is 2. The monoisotopic (exact) mass is 240 g/mol. The molecule has 1 aromatic carbocycles. The molecule has 5 heteroatoms. The molecule has 0 radical (unpaired) electrons. The van der Waals surface area contributed by atoms with Gasteiger partial charge in [-0.25, -0.2) is 0 Å². The van der Waals surface area contributed by atoms with Crippen molar-refractivity contribution in [2.45, 2.75) is 25.6 Å². The van der Waals surface area contributed by atoms with Gasteiger partial charge >= 0.3 is 6.18 Å². The third-order valence-corrected chi connectivity index (χ3v) is 3.08. The van der Waals surface area contributed by atoms with E-state index in [1.807, 2.05) is 11.8 Å². The maximum atomic E-state index is 12.7. The highest BCUT2D eigenvalue weighted by molar-refractivity contribution is 5.56. The van der Waals surface area contributed by atoms with Crippen LogP contribution in [0.4, 0.5) is 18.9 Å². The summed E-state index contributed by atoms with van der Waals surface area (Å²) >= 11 is 0. The fourth-order valence-corrected chi connectivity index (χ4v) is 1.94. The molecule has 0 spiro atoms. The van der Waals surface area contributed by atoms with E-state index in [2.05, 4.69) is 0 Å². The summed E-state index contributed by atoms with van der Waals surface area (Å²) in [6, 6.07) is 5.72. The Bertz CT molecular complexity index is 474. The van der Waals surface area contributed by atoms with E-state index in [0.29, 0.717) is 5.69 Å². The number of alkyl halides is 3. The zero-order valence-electron chi connectivity index (χ0n) is 9.25. The largest absolute Gasteiger partial charge is 0.417 e. The standard InChI is InChI=1S/C12H11F3N2/c1-8-4-5-17(8)10-3-2-9(7-16)11(6-10)12(13,14)15/h2-3,6,8H,4-5H2,1H3. The van der Waals surface area contributed by atoms with E-state index in [1.54, 1.807) is 12.1 Å². The second kappa shape index (κ2) is 3.95. The van der Waals surface area contributed by atoms with Crippen molar-refractivity contribution < 1.29 is 13.2 Å². The third kappa shape index (κ3) is 2.07. The molecule has 0 bridgehead atoms. The van der Waals surface area contributed by atoms with Crippen LogP contribution in [-0.4, -0.2) is 12.6 Å². The van der Waals surface area contributed by atoms with E-state index in [9.17, 15) is 13.2 Å². The maximum Gasteiger partial charge on any atom is 0.417 e. The summed E-state index contributed by atoms with van der Waals surface area (Å²) in [4.78, 5) is 1.90. The number of anilines is 1. The van der Waals surface area contributed by atoms with Gasteiger partial charge in [0.1, 0.15) is 0 Å². The van der Waals surface area contributed by atoms with Crippen molar-refractivity contribution >= 4 is 5.69 Å². The van der Waals surface area contributed by atoms with Gasteiger partial charge < -0.3 is 4.90 Å². The van der Waals surface area contributed by atoms with Crippen LogP contribution < -0.4 is 4.90 Å². The highest BCUT2D eigenvalue weighted by Gasteiger charge is 2.35. The molecular formula is C12H11F3N2. The number of halogens is 3. The summed E-state index contributed by atoms with van der Waals surface area (Å²) in [7, 11) is 0. The lowest BCUT2D eigenvalue weighted by molar-refractivity contribution is -0.137. The van der Waals surface area contributed by atoms with Crippen molar-refractivity contribution in [2.24, 2.45) is 0 Å². The molecule has 1 aliphatic heterocycles. The first-order valence-electron chi connectivity index (χ1n) is 5.31. The molecule has 1 atom stereocenters. The van der Waals surface area contributed by atoms with Gasteiger partial charge in [-0.2, -0.15) is 18.4 Å². The van der Waals surface area contributed by atoms with Gasteiger partial charge in [-0.3, -0.25) is 0 Å². The second-order valence-corrected chi connectivity index (χ2v) is 4.17. The Labute approximate surface area is 97.3 Å². The number of nitriles is 1. The molecule has 1 unspecified atom stereocenters. The van der Waals surface area contributed by atoms with Gasteiger partial charge in [0.25, 0.3) is 0 Å². The first-order chi connectivity index (χ1) is 7.93. The lowest BCUT2D eigenvalue weighted by Gasteiger charge is -2.41. The van der Waals surface area contributed by atoms with Crippen LogP contribution in [0, 0.1) is 11.3 Å². The van der Waals surface area contributed by atoms with E-state index >= 15 is 0 Å². The molecule has 1 heterocycles. The van der Waals surface area contributed by atoms with Crippen molar-refractivity contribution in [2.75, 3.05) is 11.4 Å². The molecule has 0 N–H and O–H groups in total.